The summed E-state index contributed by atoms with van der Waals surface area (Å²) < 4.78 is 0. The third kappa shape index (κ3) is 1.31. The van der Waals surface area contributed by atoms with Gasteiger partial charge in [0, 0.05) is 17.5 Å². The summed E-state index contributed by atoms with van der Waals surface area (Å²) in [6.07, 6.45) is 8.17. The van der Waals surface area contributed by atoms with Crippen molar-refractivity contribution in [3.8, 4) is 0 Å². The summed E-state index contributed by atoms with van der Waals surface area (Å²) in [6, 6.07) is 1.21. The molecule has 84 valence electrons. The Morgan fingerprint density at radius 2 is 2.13 bits per heavy atom. The SMILES string of the molecule is CC1(C)C(O)CC1NC1CC2CC=CC21. The molecule has 3 aliphatic carbocycles. The quantitative estimate of drug-likeness (QED) is 0.676. The zero-order valence-electron chi connectivity index (χ0n) is 9.61. The molecule has 5 unspecified atom stereocenters. The lowest BCUT2D eigenvalue weighted by Crippen LogP contribution is -2.65. The van der Waals surface area contributed by atoms with Gasteiger partial charge < -0.3 is 10.4 Å². The van der Waals surface area contributed by atoms with E-state index in [4.69, 9.17) is 0 Å². The van der Waals surface area contributed by atoms with Gasteiger partial charge in [-0.15, -0.1) is 0 Å². The molecule has 3 rings (SSSR count). The van der Waals surface area contributed by atoms with E-state index in [1.165, 1.54) is 12.8 Å². The van der Waals surface area contributed by atoms with Gasteiger partial charge in [0.1, 0.15) is 0 Å². The number of aliphatic hydroxyl groups excluding tert-OH is 1. The molecule has 3 aliphatic rings. The molecule has 2 N–H and O–H groups in total. The Morgan fingerprint density at radius 1 is 1.33 bits per heavy atom. The Balaban J connectivity index is 1.57. The highest BCUT2D eigenvalue weighted by molar-refractivity contribution is 5.15. The summed E-state index contributed by atoms with van der Waals surface area (Å²) in [5.41, 5.74) is 0.0768. The van der Waals surface area contributed by atoms with Crippen LogP contribution in [0.5, 0.6) is 0 Å². The van der Waals surface area contributed by atoms with Crippen LogP contribution in [0, 0.1) is 17.3 Å². The lowest BCUT2D eigenvalue weighted by Gasteiger charge is -2.54. The number of nitrogens with one attached hydrogen (secondary N) is 1. The van der Waals surface area contributed by atoms with Gasteiger partial charge in [0.2, 0.25) is 0 Å². The maximum absolute atomic E-state index is 9.68. The molecule has 0 aromatic carbocycles. The molecule has 0 saturated heterocycles. The number of hydrogen-bond donors (Lipinski definition) is 2. The molecule has 0 radical (unpaired) electrons. The van der Waals surface area contributed by atoms with Crippen molar-refractivity contribution < 1.29 is 5.11 Å². The molecule has 0 heterocycles. The lowest BCUT2D eigenvalue weighted by molar-refractivity contribution is -0.0836. The van der Waals surface area contributed by atoms with Gasteiger partial charge in [-0.05, 0) is 31.1 Å². The van der Waals surface area contributed by atoms with Gasteiger partial charge in [-0.25, -0.2) is 0 Å². The van der Waals surface area contributed by atoms with Gasteiger partial charge in [-0.3, -0.25) is 0 Å². The topological polar surface area (TPSA) is 32.3 Å². The van der Waals surface area contributed by atoms with Crippen LogP contribution in [0.2, 0.25) is 0 Å². The van der Waals surface area contributed by atoms with E-state index in [1.54, 1.807) is 0 Å². The summed E-state index contributed by atoms with van der Waals surface area (Å²) in [5, 5.41) is 13.4. The maximum Gasteiger partial charge on any atom is 0.0621 e. The molecule has 0 aromatic rings. The number of rotatable bonds is 2. The smallest absolute Gasteiger partial charge is 0.0621 e. The molecule has 2 heteroatoms. The van der Waals surface area contributed by atoms with Crippen LogP contribution in [0.3, 0.4) is 0 Å². The van der Waals surface area contributed by atoms with E-state index in [9.17, 15) is 5.11 Å². The summed E-state index contributed by atoms with van der Waals surface area (Å²) >= 11 is 0. The number of allylic oxidation sites excluding steroid dienone is 1. The fraction of sp³-hybridized carbons (Fsp3) is 0.846. The van der Waals surface area contributed by atoms with Crippen molar-refractivity contribution in [3.05, 3.63) is 12.2 Å². The fourth-order valence-electron chi connectivity index (χ4n) is 3.35. The molecule has 5 atom stereocenters. The van der Waals surface area contributed by atoms with E-state index in [1.807, 2.05) is 0 Å². The second-order valence-corrected chi connectivity index (χ2v) is 6.14. The summed E-state index contributed by atoms with van der Waals surface area (Å²) in [6.45, 7) is 4.33. The van der Waals surface area contributed by atoms with E-state index < -0.39 is 0 Å². The van der Waals surface area contributed by atoms with Gasteiger partial charge in [0.15, 0.2) is 0 Å². The Bertz CT molecular complexity index is 297. The standard InChI is InChI=1S/C13H21NO/c1-13(2)11(7-12(13)15)14-10-6-8-4-3-5-9(8)10/h3,5,8-12,14-15H,4,6-7H2,1-2H3. The molecule has 0 spiro atoms. The van der Waals surface area contributed by atoms with E-state index in [0.717, 1.165) is 18.3 Å². The molecule has 0 aromatic heterocycles. The molecular weight excluding hydrogens is 186 g/mol. The normalized spacial score (nSPS) is 50.7. The summed E-state index contributed by atoms with van der Waals surface area (Å²) in [7, 11) is 0. The third-order valence-corrected chi connectivity index (χ3v) is 4.99. The Hall–Kier alpha value is -0.340. The fourth-order valence-corrected chi connectivity index (χ4v) is 3.35. The molecule has 2 saturated carbocycles. The van der Waals surface area contributed by atoms with Gasteiger partial charge >= 0.3 is 0 Å². The minimum atomic E-state index is -0.106. The average Bonchev–Trinajstić information content (AvgIpc) is 2.54. The van der Waals surface area contributed by atoms with E-state index in [2.05, 4.69) is 31.3 Å². The largest absolute Gasteiger partial charge is 0.392 e. The van der Waals surface area contributed by atoms with Gasteiger partial charge in [0.25, 0.3) is 0 Å². The predicted molar refractivity (Wildman–Crippen MR) is 60.5 cm³/mol. The maximum atomic E-state index is 9.68. The van der Waals surface area contributed by atoms with Crippen LogP contribution >= 0.6 is 0 Å². The van der Waals surface area contributed by atoms with Crippen LogP contribution in [-0.4, -0.2) is 23.3 Å². The number of fused-ring (bicyclic) bond motifs is 1. The monoisotopic (exact) mass is 207 g/mol. The van der Waals surface area contributed by atoms with Crippen molar-refractivity contribution >= 4 is 0 Å². The molecule has 2 fully saturated rings. The second-order valence-electron chi connectivity index (χ2n) is 6.14. The first kappa shape index (κ1) is 9.86. The molecule has 2 nitrogen and oxygen atoms in total. The lowest BCUT2D eigenvalue weighted by atomic mass is 9.62. The Labute approximate surface area is 91.8 Å². The highest BCUT2D eigenvalue weighted by Crippen LogP contribution is 2.46. The summed E-state index contributed by atoms with van der Waals surface area (Å²) in [4.78, 5) is 0. The van der Waals surface area contributed by atoms with Crippen molar-refractivity contribution in [2.45, 2.75) is 51.3 Å². The zero-order chi connectivity index (χ0) is 10.6. The molecule has 0 amide bonds. The first-order valence-corrected chi connectivity index (χ1v) is 6.20. The first-order valence-electron chi connectivity index (χ1n) is 6.20. The highest BCUT2D eigenvalue weighted by Gasteiger charge is 2.50. The average molecular weight is 207 g/mol. The van der Waals surface area contributed by atoms with Crippen LogP contribution in [0.25, 0.3) is 0 Å². The predicted octanol–water partition coefficient (Wildman–Crippen LogP) is 1.70. The van der Waals surface area contributed by atoms with Gasteiger partial charge in [-0.1, -0.05) is 26.0 Å². The number of aliphatic hydroxyl groups is 1. The van der Waals surface area contributed by atoms with Crippen LogP contribution in [0.1, 0.15) is 33.1 Å². The van der Waals surface area contributed by atoms with Crippen molar-refractivity contribution in [1.29, 1.82) is 0 Å². The van der Waals surface area contributed by atoms with Crippen molar-refractivity contribution in [2.75, 3.05) is 0 Å². The first-order chi connectivity index (χ1) is 7.09. The Kier molecular flexibility index (Phi) is 2.02. The Morgan fingerprint density at radius 3 is 2.73 bits per heavy atom. The van der Waals surface area contributed by atoms with Crippen LogP contribution in [0.4, 0.5) is 0 Å². The van der Waals surface area contributed by atoms with Crippen LogP contribution in [-0.2, 0) is 0 Å². The zero-order valence-corrected chi connectivity index (χ0v) is 9.61. The van der Waals surface area contributed by atoms with E-state index in [-0.39, 0.29) is 11.5 Å². The summed E-state index contributed by atoms with van der Waals surface area (Å²) in [5.74, 6) is 1.72. The molecule has 0 aliphatic heterocycles. The van der Waals surface area contributed by atoms with E-state index >= 15 is 0 Å². The molecular formula is C13H21NO. The van der Waals surface area contributed by atoms with Gasteiger partial charge in [0.05, 0.1) is 6.10 Å². The number of hydrogen-bond acceptors (Lipinski definition) is 2. The molecule has 15 heavy (non-hydrogen) atoms. The van der Waals surface area contributed by atoms with Crippen molar-refractivity contribution in [2.24, 2.45) is 17.3 Å². The minimum absolute atomic E-state index is 0.0768. The van der Waals surface area contributed by atoms with E-state index in [0.29, 0.717) is 12.1 Å². The third-order valence-electron chi connectivity index (χ3n) is 4.99. The second kappa shape index (κ2) is 3.08. The minimum Gasteiger partial charge on any atom is -0.392 e. The van der Waals surface area contributed by atoms with Crippen molar-refractivity contribution in [1.82, 2.24) is 5.32 Å². The van der Waals surface area contributed by atoms with Crippen LogP contribution in [0.15, 0.2) is 12.2 Å². The highest BCUT2D eigenvalue weighted by atomic mass is 16.3. The van der Waals surface area contributed by atoms with Crippen LogP contribution < -0.4 is 5.32 Å². The van der Waals surface area contributed by atoms with Crippen molar-refractivity contribution in [3.63, 3.8) is 0 Å². The van der Waals surface area contributed by atoms with Gasteiger partial charge in [-0.2, -0.15) is 0 Å². The molecule has 0 bridgehead atoms.